The van der Waals surface area contributed by atoms with Gasteiger partial charge in [-0.2, -0.15) is 0 Å². The number of aliphatic hydroxyl groups is 1. The lowest BCUT2D eigenvalue weighted by Crippen LogP contribution is -2.52. The van der Waals surface area contributed by atoms with E-state index in [0.29, 0.717) is 18.8 Å². The van der Waals surface area contributed by atoms with Crippen molar-refractivity contribution < 1.29 is 19.3 Å². The van der Waals surface area contributed by atoms with Crippen molar-refractivity contribution >= 4 is 0 Å². The van der Waals surface area contributed by atoms with Crippen LogP contribution in [0.15, 0.2) is 42.5 Å². The molecule has 1 heterocycles. The molecule has 2 N–H and O–H groups in total. The quantitative estimate of drug-likeness (QED) is 0.728. The Morgan fingerprint density at radius 1 is 1.07 bits per heavy atom. The number of phenolic OH excluding ortho intramolecular Hbond substituents is 1. The molecule has 1 aliphatic rings. The zero-order valence-electron chi connectivity index (χ0n) is 16.4. The molecule has 0 aliphatic carbocycles. The Morgan fingerprint density at radius 2 is 1.82 bits per heavy atom. The molecule has 0 bridgehead atoms. The molecule has 2 aromatic carbocycles. The zero-order valence-corrected chi connectivity index (χ0v) is 16.4. The standard InChI is InChI=1S/C22H29FN2O3/c1-2-28-22-13-18(5-8-21(22)27)14-24-10-11-25(20(16-24)9-12-26)15-17-3-6-19(23)7-4-17/h3-8,13,20,26-27H,2,9-12,14-16H2,1H3/t20-/m1/s1. The van der Waals surface area contributed by atoms with Crippen LogP contribution in [0.25, 0.3) is 0 Å². The summed E-state index contributed by atoms with van der Waals surface area (Å²) in [5.74, 6) is 0.454. The molecule has 152 valence electrons. The van der Waals surface area contributed by atoms with Crippen molar-refractivity contribution in [1.82, 2.24) is 9.80 Å². The number of hydrogen-bond acceptors (Lipinski definition) is 5. The van der Waals surface area contributed by atoms with Crippen LogP contribution in [-0.2, 0) is 13.1 Å². The summed E-state index contributed by atoms with van der Waals surface area (Å²) in [5, 5.41) is 19.4. The minimum Gasteiger partial charge on any atom is -0.504 e. The maximum absolute atomic E-state index is 13.1. The number of nitrogens with zero attached hydrogens (tertiary/aromatic N) is 2. The third kappa shape index (κ3) is 5.44. The topological polar surface area (TPSA) is 56.2 Å². The number of piperazine rings is 1. The van der Waals surface area contributed by atoms with Crippen molar-refractivity contribution in [3.8, 4) is 11.5 Å². The smallest absolute Gasteiger partial charge is 0.161 e. The molecule has 0 radical (unpaired) electrons. The van der Waals surface area contributed by atoms with E-state index in [1.54, 1.807) is 6.07 Å². The van der Waals surface area contributed by atoms with Crippen molar-refractivity contribution in [2.45, 2.75) is 32.5 Å². The molecule has 1 fully saturated rings. The molecule has 3 rings (SSSR count). The molecule has 0 saturated carbocycles. The maximum atomic E-state index is 13.1. The summed E-state index contributed by atoms with van der Waals surface area (Å²) in [6.45, 7) is 6.73. The van der Waals surface area contributed by atoms with E-state index in [1.165, 1.54) is 12.1 Å². The average Bonchev–Trinajstić information content (AvgIpc) is 2.68. The van der Waals surface area contributed by atoms with Gasteiger partial charge in [0.05, 0.1) is 6.61 Å². The van der Waals surface area contributed by atoms with Gasteiger partial charge in [-0.15, -0.1) is 0 Å². The summed E-state index contributed by atoms with van der Waals surface area (Å²) >= 11 is 0. The van der Waals surface area contributed by atoms with Crippen molar-refractivity contribution in [3.05, 3.63) is 59.4 Å². The number of rotatable bonds is 8. The Morgan fingerprint density at radius 3 is 2.54 bits per heavy atom. The lowest BCUT2D eigenvalue weighted by Gasteiger charge is -2.41. The number of ether oxygens (including phenoxy) is 1. The van der Waals surface area contributed by atoms with E-state index in [-0.39, 0.29) is 24.2 Å². The van der Waals surface area contributed by atoms with Gasteiger partial charge in [0.25, 0.3) is 0 Å². The molecular formula is C22H29FN2O3. The van der Waals surface area contributed by atoms with Gasteiger partial charge in [-0.1, -0.05) is 18.2 Å². The second-order valence-corrected chi connectivity index (χ2v) is 7.23. The fraction of sp³-hybridized carbons (Fsp3) is 0.455. The number of aromatic hydroxyl groups is 1. The second kappa shape index (κ2) is 9.87. The van der Waals surface area contributed by atoms with Crippen LogP contribution in [0.4, 0.5) is 4.39 Å². The minimum absolute atomic E-state index is 0.145. The van der Waals surface area contributed by atoms with E-state index in [9.17, 15) is 14.6 Å². The first kappa shape index (κ1) is 20.6. The monoisotopic (exact) mass is 388 g/mol. The van der Waals surface area contributed by atoms with Crippen molar-refractivity contribution in [1.29, 1.82) is 0 Å². The van der Waals surface area contributed by atoms with Crippen LogP contribution >= 0.6 is 0 Å². The summed E-state index contributed by atoms with van der Waals surface area (Å²) < 4.78 is 18.6. The molecule has 6 heteroatoms. The van der Waals surface area contributed by atoms with E-state index in [1.807, 2.05) is 31.2 Å². The van der Waals surface area contributed by atoms with Crippen molar-refractivity contribution in [3.63, 3.8) is 0 Å². The van der Waals surface area contributed by atoms with Crippen LogP contribution in [0, 0.1) is 5.82 Å². The third-order valence-corrected chi connectivity index (χ3v) is 5.18. The second-order valence-electron chi connectivity index (χ2n) is 7.23. The Balaban J connectivity index is 1.63. The predicted molar refractivity (Wildman–Crippen MR) is 107 cm³/mol. The molecule has 1 atom stereocenters. The van der Waals surface area contributed by atoms with E-state index >= 15 is 0 Å². The highest BCUT2D eigenvalue weighted by atomic mass is 19.1. The van der Waals surface area contributed by atoms with Gasteiger partial charge in [0, 0.05) is 45.4 Å². The summed E-state index contributed by atoms with van der Waals surface area (Å²) in [4.78, 5) is 4.73. The minimum atomic E-state index is -0.221. The fourth-order valence-corrected chi connectivity index (χ4v) is 3.74. The fourth-order valence-electron chi connectivity index (χ4n) is 3.74. The normalized spacial score (nSPS) is 18.3. The van der Waals surface area contributed by atoms with Crippen LogP contribution in [0.2, 0.25) is 0 Å². The van der Waals surface area contributed by atoms with E-state index in [0.717, 1.165) is 43.9 Å². The lowest BCUT2D eigenvalue weighted by molar-refractivity contribution is 0.0499. The lowest BCUT2D eigenvalue weighted by atomic mass is 10.1. The predicted octanol–water partition coefficient (Wildman–Crippen LogP) is 3.00. The number of hydrogen-bond donors (Lipinski definition) is 2. The van der Waals surface area contributed by atoms with Gasteiger partial charge in [-0.05, 0) is 48.7 Å². The Bertz CT molecular complexity index is 754. The molecule has 0 unspecified atom stereocenters. The molecule has 1 aliphatic heterocycles. The molecule has 2 aromatic rings. The average molecular weight is 388 g/mol. The SMILES string of the molecule is CCOc1cc(CN2CCN(Cc3ccc(F)cc3)[C@H](CCO)C2)ccc1O. The van der Waals surface area contributed by atoms with Crippen LogP contribution < -0.4 is 4.74 Å². The maximum Gasteiger partial charge on any atom is 0.161 e. The molecule has 1 saturated heterocycles. The van der Waals surface area contributed by atoms with Gasteiger partial charge in [0.1, 0.15) is 5.82 Å². The van der Waals surface area contributed by atoms with Gasteiger partial charge < -0.3 is 14.9 Å². The molecule has 0 amide bonds. The number of phenols is 1. The number of halogens is 1. The number of benzene rings is 2. The highest BCUT2D eigenvalue weighted by Crippen LogP contribution is 2.28. The third-order valence-electron chi connectivity index (χ3n) is 5.18. The van der Waals surface area contributed by atoms with Crippen molar-refractivity contribution in [2.24, 2.45) is 0 Å². The van der Waals surface area contributed by atoms with Gasteiger partial charge >= 0.3 is 0 Å². The van der Waals surface area contributed by atoms with E-state index in [2.05, 4.69) is 9.80 Å². The first-order valence-electron chi connectivity index (χ1n) is 9.85. The molecule has 0 spiro atoms. The first-order valence-corrected chi connectivity index (χ1v) is 9.85. The van der Waals surface area contributed by atoms with Gasteiger partial charge in [-0.25, -0.2) is 4.39 Å². The summed E-state index contributed by atoms with van der Waals surface area (Å²) in [7, 11) is 0. The Hall–Kier alpha value is -2.15. The van der Waals surface area contributed by atoms with Gasteiger partial charge in [-0.3, -0.25) is 9.80 Å². The largest absolute Gasteiger partial charge is 0.504 e. The van der Waals surface area contributed by atoms with Crippen LogP contribution in [0.1, 0.15) is 24.5 Å². The summed E-state index contributed by atoms with van der Waals surface area (Å²) in [6.07, 6.45) is 0.706. The van der Waals surface area contributed by atoms with Gasteiger partial charge in [0.15, 0.2) is 11.5 Å². The van der Waals surface area contributed by atoms with E-state index < -0.39 is 0 Å². The zero-order chi connectivity index (χ0) is 19.9. The molecule has 5 nitrogen and oxygen atoms in total. The van der Waals surface area contributed by atoms with E-state index in [4.69, 9.17) is 4.74 Å². The van der Waals surface area contributed by atoms with Gasteiger partial charge in [0.2, 0.25) is 0 Å². The Kier molecular flexibility index (Phi) is 7.25. The molecule has 0 aromatic heterocycles. The summed E-state index contributed by atoms with van der Waals surface area (Å²) in [5.41, 5.74) is 2.17. The highest BCUT2D eigenvalue weighted by molar-refractivity contribution is 5.41. The van der Waals surface area contributed by atoms with Crippen LogP contribution in [-0.4, -0.2) is 58.9 Å². The molecule has 28 heavy (non-hydrogen) atoms. The van der Waals surface area contributed by atoms with Crippen LogP contribution in [0.3, 0.4) is 0 Å². The van der Waals surface area contributed by atoms with Crippen LogP contribution in [0.5, 0.6) is 11.5 Å². The molecular weight excluding hydrogens is 359 g/mol. The first-order chi connectivity index (χ1) is 13.6. The van der Waals surface area contributed by atoms with Crippen molar-refractivity contribution in [2.75, 3.05) is 32.8 Å². The number of aliphatic hydroxyl groups excluding tert-OH is 1. The summed E-state index contributed by atoms with van der Waals surface area (Å²) in [6, 6.07) is 12.4. The highest BCUT2D eigenvalue weighted by Gasteiger charge is 2.26. The Labute approximate surface area is 166 Å².